The minimum Gasteiger partial charge on any atom is -0.371 e. The summed E-state index contributed by atoms with van der Waals surface area (Å²) in [6, 6.07) is 15.3. The van der Waals surface area contributed by atoms with Gasteiger partial charge in [-0.05, 0) is 61.2 Å². The quantitative estimate of drug-likeness (QED) is 0.251. The van der Waals surface area contributed by atoms with Gasteiger partial charge in [-0.3, -0.25) is 9.59 Å². The maximum atomic E-state index is 13.6. The van der Waals surface area contributed by atoms with E-state index in [-0.39, 0.29) is 10.9 Å². The van der Waals surface area contributed by atoms with Crippen molar-refractivity contribution in [2.75, 3.05) is 18.0 Å². The van der Waals surface area contributed by atoms with Gasteiger partial charge in [-0.25, -0.2) is 0 Å². The van der Waals surface area contributed by atoms with Crippen molar-refractivity contribution in [1.29, 1.82) is 0 Å². The van der Waals surface area contributed by atoms with Gasteiger partial charge in [0.05, 0.1) is 16.6 Å². The summed E-state index contributed by atoms with van der Waals surface area (Å²) in [6.45, 7) is 8.62. The van der Waals surface area contributed by atoms with Gasteiger partial charge < -0.3 is 14.9 Å². The number of nitrogens with one attached hydrogen (secondary N) is 2. The van der Waals surface area contributed by atoms with E-state index in [1.807, 2.05) is 42.5 Å². The summed E-state index contributed by atoms with van der Waals surface area (Å²) in [4.78, 5) is 36.3. The van der Waals surface area contributed by atoms with Crippen LogP contribution in [0.3, 0.4) is 0 Å². The van der Waals surface area contributed by atoms with Crippen molar-refractivity contribution in [2.45, 2.75) is 52.9 Å². The largest absolute Gasteiger partial charge is 0.371 e. The number of pyridine rings is 2. The highest BCUT2D eigenvalue weighted by atomic mass is 16.1. The Kier molecular flexibility index (Phi) is 6.33. The second-order valence-corrected chi connectivity index (χ2v) is 9.43. The first-order chi connectivity index (χ1) is 17.1. The fraction of sp³-hybridized carbons (Fsp3) is 0.333. The highest BCUT2D eigenvalue weighted by Crippen LogP contribution is 2.30. The molecule has 0 fully saturated rings. The van der Waals surface area contributed by atoms with Crippen LogP contribution < -0.4 is 15.8 Å². The second kappa shape index (κ2) is 9.57. The lowest BCUT2D eigenvalue weighted by atomic mass is 10.0. The molecule has 2 heterocycles. The first kappa shape index (κ1) is 23.2. The SMILES string of the molecule is CCCCN(CCCC)c1ccc2c(=O)c3cc4[nH]c5ccccc5c(=O)c4cc3[nH]c2c1CC. The minimum absolute atomic E-state index is 0.000394. The maximum Gasteiger partial charge on any atom is 0.197 e. The van der Waals surface area contributed by atoms with Gasteiger partial charge >= 0.3 is 0 Å². The number of benzene rings is 3. The number of aryl methyl sites for hydroxylation is 1. The fourth-order valence-electron chi connectivity index (χ4n) is 5.22. The average Bonchev–Trinajstić information content (AvgIpc) is 2.88. The van der Waals surface area contributed by atoms with E-state index in [0.29, 0.717) is 32.6 Å². The summed E-state index contributed by atoms with van der Waals surface area (Å²) in [5, 5.41) is 2.54. The summed E-state index contributed by atoms with van der Waals surface area (Å²) < 4.78 is 0. The average molecular weight is 468 g/mol. The molecule has 5 heteroatoms. The zero-order valence-electron chi connectivity index (χ0n) is 20.8. The number of fused-ring (bicyclic) bond motifs is 4. The fourth-order valence-corrected chi connectivity index (χ4v) is 5.22. The lowest BCUT2D eigenvalue weighted by Gasteiger charge is -2.28. The third-order valence-corrected chi connectivity index (χ3v) is 7.14. The van der Waals surface area contributed by atoms with E-state index in [1.165, 1.54) is 11.3 Å². The monoisotopic (exact) mass is 467 g/mol. The molecular weight excluding hydrogens is 434 g/mol. The van der Waals surface area contributed by atoms with E-state index in [9.17, 15) is 9.59 Å². The number of para-hydroxylation sites is 1. The number of anilines is 1. The number of rotatable bonds is 8. The Balaban J connectivity index is 1.78. The molecule has 2 N–H and O–H groups in total. The number of aromatic nitrogens is 2. The van der Waals surface area contributed by atoms with Crippen LogP contribution in [0.1, 0.15) is 52.0 Å². The van der Waals surface area contributed by atoms with Crippen LogP contribution in [-0.4, -0.2) is 23.1 Å². The van der Waals surface area contributed by atoms with Crippen molar-refractivity contribution >= 4 is 49.3 Å². The van der Waals surface area contributed by atoms with Gasteiger partial charge in [0, 0.05) is 45.8 Å². The van der Waals surface area contributed by atoms with E-state index < -0.39 is 0 Å². The third-order valence-electron chi connectivity index (χ3n) is 7.14. The van der Waals surface area contributed by atoms with E-state index in [0.717, 1.165) is 56.2 Å². The maximum absolute atomic E-state index is 13.6. The lowest BCUT2D eigenvalue weighted by Crippen LogP contribution is -2.27. The molecule has 0 atom stereocenters. The molecule has 0 saturated heterocycles. The smallest absolute Gasteiger partial charge is 0.197 e. The highest BCUT2D eigenvalue weighted by Gasteiger charge is 2.17. The number of unbranched alkanes of at least 4 members (excludes halogenated alkanes) is 2. The Morgan fingerprint density at radius 2 is 1.31 bits per heavy atom. The van der Waals surface area contributed by atoms with Gasteiger partial charge in [-0.2, -0.15) is 0 Å². The molecule has 0 aliphatic carbocycles. The van der Waals surface area contributed by atoms with E-state index in [2.05, 4.69) is 41.7 Å². The number of hydrogen-bond acceptors (Lipinski definition) is 3. The van der Waals surface area contributed by atoms with Gasteiger partial charge in [0.2, 0.25) is 0 Å². The molecule has 5 nitrogen and oxygen atoms in total. The van der Waals surface area contributed by atoms with Gasteiger partial charge in [-0.15, -0.1) is 0 Å². The van der Waals surface area contributed by atoms with Crippen LogP contribution in [0.4, 0.5) is 5.69 Å². The lowest BCUT2D eigenvalue weighted by molar-refractivity contribution is 0.676. The Morgan fingerprint density at radius 1 is 0.686 bits per heavy atom. The number of H-pyrrole nitrogens is 2. The Bertz CT molecular complexity index is 1650. The summed E-state index contributed by atoms with van der Waals surface area (Å²) in [7, 11) is 0. The topological polar surface area (TPSA) is 69.0 Å². The molecule has 5 rings (SSSR count). The molecule has 0 bridgehead atoms. The van der Waals surface area contributed by atoms with Crippen LogP contribution in [0.25, 0.3) is 43.6 Å². The van der Waals surface area contributed by atoms with Gasteiger partial charge in [-0.1, -0.05) is 45.7 Å². The van der Waals surface area contributed by atoms with Crippen molar-refractivity contribution < 1.29 is 0 Å². The number of nitrogens with zero attached hydrogens (tertiary/aromatic N) is 1. The normalized spacial score (nSPS) is 11.7. The zero-order valence-corrected chi connectivity index (χ0v) is 20.8. The first-order valence-electron chi connectivity index (χ1n) is 12.9. The van der Waals surface area contributed by atoms with Gasteiger partial charge in [0.15, 0.2) is 10.9 Å². The molecule has 0 aliphatic heterocycles. The molecule has 180 valence electrons. The van der Waals surface area contributed by atoms with E-state index >= 15 is 0 Å². The molecule has 35 heavy (non-hydrogen) atoms. The van der Waals surface area contributed by atoms with Crippen LogP contribution in [0.15, 0.2) is 58.1 Å². The highest BCUT2D eigenvalue weighted by molar-refractivity contribution is 6.03. The Morgan fingerprint density at radius 3 is 1.97 bits per heavy atom. The van der Waals surface area contributed by atoms with Crippen molar-refractivity contribution in [2.24, 2.45) is 0 Å². The number of hydrogen-bond donors (Lipinski definition) is 2. The van der Waals surface area contributed by atoms with E-state index in [1.54, 1.807) is 0 Å². The van der Waals surface area contributed by atoms with Crippen molar-refractivity contribution in [1.82, 2.24) is 9.97 Å². The minimum atomic E-state index is -0.0213. The molecule has 5 aromatic rings. The van der Waals surface area contributed by atoms with Gasteiger partial charge in [0.1, 0.15) is 0 Å². The third kappa shape index (κ3) is 3.99. The zero-order chi connectivity index (χ0) is 24.5. The predicted molar refractivity (Wildman–Crippen MR) is 149 cm³/mol. The van der Waals surface area contributed by atoms with Crippen LogP contribution in [0.2, 0.25) is 0 Å². The predicted octanol–water partition coefficient (Wildman–Crippen LogP) is 6.65. The standard InChI is InChI=1S/C30H33N3O2/c1-4-7-15-33(16-8-5-2)27-14-13-21-28(19(27)6-3)32-26-18-22-25(17-23(26)30(21)35)31-24-12-10-9-11-20(24)29(22)34/h9-14,17-18H,4-8,15-16H2,1-3H3,(H,31,34)(H,32,35). The molecule has 0 spiro atoms. The molecule has 0 radical (unpaired) electrons. The molecule has 0 amide bonds. The molecule has 0 unspecified atom stereocenters. The van der Waals surface area contributed by atoms with Crippen molar-refractivity contribution in [3.63, 3.8) is 0 Å². The van der Waals surface area contributed by atoms with Crippen molar-refractivity contribution in [3.05, 3.63) is 74.5 Å². The van der Waals surface area contributed by atoms with Gasteiger partial charge in [0.25, 0.3) is 0 Å². The molecule has 0 saturated carbocycles. The van der Waals surface area contributed by atoms with Crippen LogP contribution in [0.5, 0.6) is 0 Å². The van der Waals surface area contributed by atoms with Crippen molar-refractivity contribution in [3.8, 4) is 0 Å². The first-order valence-corrected chi connectivity index (χ1v) is 12.9. The summed E-state index contributed by atoms with van der Waals surface area (Å²) in [6.07, 6.45) is 5.40. The second-order valence-electron chi connectivity index (χ2n) is 9.43. The van der Waals surface area contributed by atoms with E-state index in [4.69, 9.17) is 0 Å². The molecule has 0 aliphatic rings. The van der Waals surface area contributed by atoms with Crippen LogP contribution in [0, 0.1) is 0 Å². The summed E-state index contributed by atoms with van der Waals surface area (Å²) in [5.41, 5.74) is 5.41. The molecule has 3 aromatic carbocycles. The Labute approximate surface area is 204 Å². The molecular formula is C30H33N3O2. The summed E-state index contributed by atoms with van der Waals surface area (Å²) in [5.74, 6) is 0. The molecule has 2 aromatic heterocycles. The number of aromatic amines is 2. The Hall–Kier alpha value is -3.60. The van der Waals surface area contributed by atoms with Crippen LogP contribution >= 0.6 is 0 Å². The summed E-state index contributed by atoms with van der Waals surface area (Å²) >= 11 is 0. The van der Waals surface area contributed by atoms with Crippen LogP contribution in [-0.2, 0) is 6.42 Å².